The van der Waals surface area contributed by atoms with E-state index < -0.39 is 30.8 Å². The van der Waals surface area contributed by atoms with Crippen molar-refractivity contribution in [2.45, 2.75) is 18.9 Å². The zero-order valence-electron chi connectivity index (χ0n) is 22.9. The van der Waals surface area contributed by atoms with Gasteiger partial charge in [0.05, 0.1) is 34.8 Å². The number of hydrogen-bond acceptors (Lipinski definition) is 10. The minimum atomic E-state index is -5.18. The van der Waals surface area contributed by atoms with Crippen molar-refractivity contribution in [1.29, 1.82) is 0 Å². The van der Waals surface area contributed by atoms with E-state index >= 15 is 0 Å². The molecule has 44 heavy (non-hydrogen) atoms. The van der Waals surface area contributed by atoms with Crippen molar-refractivity contribution in [3.63, 3.8) is 0 Å². The van der Waals surface area contributed by atoms with Crippen LogP contribution in [0.15, 0.2) is 67.1 Å². The number of carbonyl (C=O) groups excluding carboxylic acids is 2. The maximum atomic E-state index is 12.4. The summed E-state index contributed by atoms with van der Waals surface area (Å²) in [6.07, 6.45) is -2.69. The molecule has 1 fully saturated rings. The maximum Gasteiger partial charge on any atom is 0.490 e. The highest BCUT2D eigenvalue weighted by Gasteiger charge is 2.41. The van der Waals surface area contributed by atoms with Crippen LogP contribution in [0.1, 0.15) is 5.69 Å². The number of aromatic nitrogens is 3. The van der Waals surface area contributed by atoms with E-state index in [2.05, 4.69) is 25.0 Å². The number of morpholine rings is 1. The first kappa shape index (κ1) is 30.8. The van der Waals surface area contributed by atoms with E-state index in [9.17, 15) is 22.8 Å². The Hall–Kier alpha value is -4.69. The van der Waals surface area contributed by atoms with Crippen LogP contribution in [0.4, 0.5) is 24.7 Å². The number of nitrogens with zero attached hydrogens (tertiary/aromatic N) is 4. The Morgan fingerprint density at radius 2 is 1.91 bits per heavy atom. The monoisotopic (exact) mass is 631 g/mol. The summed E-state index contributed by atoms with van der Waals surface area (Å²) >= 11 is 6.48. The number of pyridine rings is 1. The van der Waals surface area contributed by atoms with E-state index in [1.807, 2.05) is 18.2 Å². The molecule has 1 aliphatic heterocycles. The van der Waals surface area contributed by atoms with Gasteiger partial charge in [0, 0.05) is 18.4 Å². The molecule has 15 heteroatoms. The molecule has 0 bridgehead atoms. The zero-order chi connectivity index (χ0) is 31.1. The van der Waals surface area contributed by atoms with Gasteiger partial charge in [0.15, 0.2) is 6.61 Å². The third-order valence-corrected chi connectivity index (χ3v) is 6.69. The van der Waals surface area contributed by atoms with Gasteiger partial charge >= 0.3 is 12.1 Å². The van der Waals surface area contributed by atoms with E-state index in [0.717, 1.165) is 5.69 Å². The van der Waals surface area contributed by atoms with Crippen LogP contribution in [0, 0.1) is 0 Å². The molecule has 1 unspecified atom stereocenters. The first-order valence-electron chi connectivity index (χ1n) is 13.3. The summed E-state index contributed by atoms with van der Waals surface area (Å²) in [7, 11) is 0. The molecule has 0 saturated carbocycles. The topological polar surface area (TPSA) is 125 Å². The molecular formula is C29H25ClF3N5O6. The number of fused-ring (bicyclic) bond motifs is 1. The quantitative estimate of drug-likeness (QED) is 0.246. The van der Waals surface area contributed by atoms with Gasteiger partial charge < -0.3 is 29.2 Å². The number of benzene rings is 2. The van der Waals surface area contributed by atoms with E-state index in [1.165, 1.54) is 11.2 Å². The first-order chi connectivity index (χ1) is 21.2. The molecule has 11 nitrogen and oxygen atoms in total. The summed E-state index contributed by atoms with van der Waals surface area (Å²) in [6.45, 7) is -0.475. The van der Waals surface area contributed by atoms with Crippen molar-refractivity contribution >= 4 is 45.9 Å². The average molecular weight is 632 g/mol. The number of esters is 1. The van der Waals surface area contributed by atoms with Crippen molar-refractivity contribution in [2.75, 3.05) is 38.2 Å². The number of alkyl halides is 3. The fourth-order valence-corrected chi connectivity index (χ4v) is 4.53. The zero-order valence-corrected chi connectivity index (χ0v) is 23.7. The molecule has 1 saturated heterocycles. The second kappa shape index (κ2) is 13.7. The van der Waals surface area contributed by atoms with E-state index in [-0.39, 0.29) is 32.9 Å². The van der Waals surface area contributed by atoms with Gasteiger partial charge in [-0.2, -0.15) is 13.2 Å². The molecule has 5 rings (SSSR count). The van der Waals surface area contributed by atoms with Gasteiger partial charge in [0.2, 0.25) is 0 Å². The lowest BCUT2D eigenvalue weighted by Crippen LogP contribution is -2.49. The molecular weight excluding hydrogens is 607 g/mol. The fourth-order valence-electron chi connectivity index (χ4n) is 4.29. The van der Waals surface area contributed by atoms with Crippen LogP contribution in [-0.4, -0.2) is 76.9 Å². The van der Waals surface area contributed by atoms with E-state index in [0.29, 0.717) is 38.9 Å². The average Bonchev–Trinajstić information content (AvgIpc) is 3.02. The van der Waals surface area contributed by atoms with Crippen LogP contribution >= 0.6 is 11.6 Å². The summed E-state index contributed by atoms with van der Waals surface area (Å²) in [5.41, 5.74) is 1.98. The van der Waals surface area contributed by atoms with Crippen LogP contribution in [0.25, 0.3) is 10.9 Å². The van der Waals surface area contributed by atoms with Crippen molar-refractivity contribution in [1.82, 2.24) is 19.9 Å². The van der Waals surface area contributed by atoms with Gasteiger partial charge in [-0.05, 0) is 42.5 Å². The third-order valence-electron chi connectivity index (χ3n) is 6.40. The molecule has 0 aliphatic carbocycles. The Morgan fingerprint density at radius 3 is 2.68 bits per heavy atom. The van der Waals surface area contributed by atoms with Crippen molar-refractivity contribution in [3.8, 4) is 11.5 Å². The summed E-state index contributed by atoms with van der Waals surface area (Å²) in [5.74, 6) is -1.84. The normalized spacial score (nSPS) is 15.1. The summed E-state index contributed by atoms with van der Waals surface area (Å²) in [6, 6.07) is 16.0. The smallest absolute Gasteiger partial charge is 0.490 e. The largest absolute Gasteiger partial charge is 0.490 e. The predicted molar refractivity (Wildman–Crippen MR) is 152 cm³/mol. The van der Waals surface area contributed by atoms with Crippen molar-refractivity contribution in [3.05, 3.63) is 77.8 Å². The Morgan fingerprint density at radius 1 is 1.05 bits per heavy atom. The van der Waals surface area contributed by atoms with Crippen molar-refractivity contribution in [2.24, 2.45) is 0 Å². The molecule has 2 aromatic carbocycles. The standard InChI is InChI=1S/C29H25ClF3N5O6/c30-21-12-18(7-8-23(21)42-14-19-4-1-2-9-34-19)37-27-26-22(35-17-36-27)5-3-6-24(26)43-15-20-13-38(10-11-41-20)25(39)16-44-28(40)29(31,32)33/h1-9,12,17,20H,10-11,13-16H2,(H,35,36,37). The van der Waals surface area contributed by atoms with Gasteiger partial charge in [-0.15, -0.1) is 0 Å². The lowest BCUT2D eigenvalue weighted by Gasteiger charge is -2.32. The predicted octanol–water partition coefficient (Wildman–Crippen LogP) is 4.71. The first-order valence-corrected chi connectivity index (χ1v) is 13.6. The van der Waals surface area contributed by atoms with Crippen LogP contribution in [0.5, 0.6) is 11.5 Å². The summed E-state index contributed by atoms with van der Waals surface area (Å²) in [5, 5.41) is 4.18. The van der Waals surface area contributed by atoms with Gasteiger partial charge in [-0.25, -0.2) is 14.8 Å². The molecule has 0 spiro atoms. The second-order valence-corrected chi connectivity index (χ2v) is 9.88. The molecule has 1 N–H and O–H groups in total. The number of nitrogens with one attached hydrogen (secondary N) is 1. The number of ether oxygens (including phenoxy) is 4. The van der Waals surface area contributed by atoms with Gasteiger partial charge in [0.25, 0.3) is 5.91 Å². The molecule has 3 heterocycles. The van der Waals surface area contributed by atoms with Crippen LogP contribution in [0.3, 0.4) is 0 Å². The van der Waals surface area contributed by atoms with Crippen LogP contribution < -0.4 is 14.8 Å². The van der Waals surface area contributed by atoms with Crippen molar-refractivity contribution < 1.29 is 41.7 Å². The molecule has 1 amide bonds. The van der Waals surface area contributed by atoms with Gasteiger partial charge in [-0.3, -0.25) is 9.78 Å². The number of rotatable bonds is 10. The molecule has 1 atom stereocenters. The highest BCUT2D eigenvalue weighted by molar-refractivity contribution is 6.32. The second-order valence-electron chi connectivity index (χ2n) is 9.47. The van der Waals surface area contributed by atoms with Crippen LogP contribution in [-0.2, 0) is 25.7 Å². The molecule has 0 radical (unpaired) electrons. The van der Waals surface area contributed by atoms with Gasteiger partial charge in [0.1, 0.15) is 43.0 Å². The Balaban J connectivity index is 1.23. The molecule has 2 aromatic heterocycles. The highest BCUT2D eigenvalue weighted by Crippen LogP contribution is 2.34. The third kappa shape index (κ3) is 7.82. The van der Waals surface area contributed by atoms with Gasteiger partial charge in [-0.1, -0.05) is 23.7 Å². The molecule has 1 aliphatic rings. The Bertz CT molecular complexity index is 1620. The number of anilines is 2. The number of amides is 1. The Kier molecular flexibility index (Phi) is 9.60. The van der Waals surface area contributed by atoms with E-state index in [4.69, 9.17) is 25.8 Å². The number of halogens is 4. The highest BCUT2D eigenvalue weighted by atomic mass is 35.5. The lowest BCUT2D eigenvalue weighted by molar-refractivity contribution is -0.201. The minimum absolute atomic E-state index is 0.00764. The maximum absolute atomic E-state index is 12.4. The van der Waals surface area contributed by atoms with Crippen LogP contribution in [0.2, 0.25) is 5.02 Å². The summed E-state index contributed by atoms with van der Waals surface area (Å²) in [4.78, 5) is 37.5. The fraction of sp³-hybridized carbons (Fsp3) is 0.276. The lowest BCUT2D eigenvalue weighted by atomic mass is 10.2. The number of hydrogen-bond donors (Lipinski definition) is 1. The molecule has 230 valence electrons. The molecule has 4 aromatic rings. The number of carbonyl (C=O) groups is 2. The minimum Gasteiger partial charge on any atom is -0.490 e. The van der Waals surface area contributed by atoms with E-state index in [1.54, 1.807) is 42.6 Å². The SMILES string of the molecule is O=C(COC(=O)C(F)(F)F)N1CCOC(COc2cccc3ncnc(Nc4ccc(OCc5ccccn5)c(Cl)c4)c23)C1. The Labute approximate surface area is 253 Å². The summed E-state index contributed by atoms with van der Waals surface area (Å²) < 4.78 is 58.8.